The Hall–Kier alpha value is -2.80. The van der Waals surface area contributed by atoms with Crippen LogP contribution in [0.5, 0.6) is 0 Å². The van der Waals surface area contributed by atoms with E-state index in [4.69, 9.17) is 0 Å². The quantitative estimate of drug-likeness (QED) is 0.647. The highest BCUT2D eigenvalue weighted by molar-refractivity contribution is 9.10. The molecule has 0 unspecified atom stereocenters. The maximum absolute atomic E-state index is 13.3. The summed E-state index contributed by atoms with van der Waals surface area (Å²) in [6.07, 6.45) is 0. The maximum Gasteiger partial charge on any atom is 0.228 e. The second-order valence-electron chi connectivity index (χ2n) is 6.86. The first-order valence-electron chi connectivity index (χ1n) is 8.77. The van der Waals surface area contributed by atoms with E-state index in [0.717, 1.165) is 4.47 Å². The van der Waals surface area contributed by atoms with Crippen molar-refractivity contribution < 1.29 is 15.0 Å². The van der Waals surface area contributed by atoms with Crippen LogP contribution >= 0.6 is 15.9 Å². The zero-order valence-electron chi connectivity index (χ0n) is 14.6. The van der Waals surface area contributed by atoms with Gasteiger partial charge < -0.3 is 10.2 Å². The summed E-state index contributed by atoms with van der Waals surface area (Å²) in [5.41, 5.74) is -2.39. The van der Waals surface area contributed by atoms with E-state index in [9.17, 15) is 15.0 Å². The van der Waals surface area contributed by atoms with E-state index in [-0.39, 0.29) is 11.3 Å². The number of rotatable bonds is 2. The first-order chi connectivity index (χ1) is 13.5. The smallest absolute Gasteiger partial charge is 0.228 e. The summed E-state index contributed by atoms with van der Waals surface area (Å²) >= 11 is 3.39. The molecule has 1 heterocycles. The Balaban J connectivity index is 1.81. The molecular formula is C22H15BrN2O3. The minimum atomic E-state index is -2.22. The van der Waals surface area contributed by atoms with Gasteiger partial charge in [0.15, 0.2) is 0 Å². The van der Waals surface area contributed by atoms with Gasteiger partial charge in [0.25, 0.3) is 0 Å². The first kappa shape index (κ1) is 17.3. The largest absolute Gasteiger partial charge is 0.371 e. The van der Waals surface area contributed by atoms with Crippen LogP contribution in [0, 0.1) is 0 Å². The van der Waals surface area contributed by atoms with Gasteiger partial charge >= 0.3 is 0 Å². The van der Waals surface area contributed by atoms with E-state index >= 15 is 0 Å². The van der Waals surface area contributed by atoms with Crippen LogP contribution in [0.1, 0.15) is 21.5 Å². The van der Waals surface area contributed by atoms with E-state index in [1.54, 1.807) is 60.7 Å². The molecular weight excluding hydrogens is 420 g/mol. The molecule has 6 heteroatoms. The highest BCUT2D eigenvalue weighted by Crippen LogP contribution is 2.53. The summed E-state index contributed by atoms with van der Waals surface area (Å²) in [4.78, 5) is 13.3. The lowest BCUT2D eigenvalue weighted by molar-refractivity contribution is -0.0769. The first-order valence-corrected chi connectivity index (χ1v) is 9.56. The Morgan fingerprint density at radius 1 is 0.857 bits per heavy atom. The fourth-order valence-corrected chi connectivity index (χ4v) is 4.27. The number of hydrogen-bond acceptors (Lipinski definition) is 5. The number of nitrogens with zero attached hydrogens (tertiary/aromatic N) is 2. The van der Waals surface area contributed by atoms with Crippen LogP contribution in [0.2, 0.25) is 0 Å². The zero-order valence-corrected chi connectivity index (χ0v) is 16.2. The number of carbonyl (C=O) groups excluding carboxylic acids is 1. The maximum atomic E-state index is 13.3. The lowest BCUT2D eigenvalue weighted by Gasteiger charge is -2.36. The van der Waals surface area contributed by atoms with Gasteiger partial charge in [-0.1, -0.05) is 70.5 Å². The van der Waals surface area contributed by atoms with Crippen molar-refractivity contribution in [3.8, 4) is 0 Å². The number of Topliss-reactive ketones (excluding diaryl/α,β-unsaturated/α-hetero) is 1. The Labute approximate surface area is 169 Å². The summed E-state index contributed by atoms with van der Waals surface area (Å²) in [5.74, 6) is -0.564. The monoisotopic (exact) mass is 434 g/mol. The van der Waals surface area contributed by atoms with Crippen LogP contribution in [0.15, 0.2) is 88.4 Å². The van der Waals surface area contributed by atoms with Crippen molar-refractivity contribution in [2.45, 2.75) is 11.3 Å². The number of fused-ring (bicyclic) bond motifs is 3. The number of aliphatic hydroxyl groups is 2. The molecule has 0 bridgehead atoms. The van der Waals surface area contributed by atoms with Gasteiger partial charge in [-0.2, -0.15) is 5.10 Å². The molecule has 2 atom stereocenters. The highest BCUT2D eigenvalue weighted by Gasteiger charge is 2.72. The molecule has 0 fully saturated rings. The molecule has 28 heavy (non-hydrogen) atoms. The molecule has 0 spiro atoms. The van der Waals surface area contributed by atoms with Crippen molar-refractivity contribution in [3.05, 3.63) is 100 Å². The molecule has 2 aliphatic rings. The van der Waals surface area contributed by atoms with Crippen molar-refractivity contribution in [1.82, 2.24) is 0 Å². The normalized spacial score (nSPS) is 25.5. The summed E-state index contributed by atoms with van der Waals surface area (Å²) in [7, 11) is 0. The third kappa shape index (κ3) is 2.02. The number of hydrazone groups is 1. The number of anilines is 1. The number of hydrogen-bond donors (Lipinski definition) is 2. The van der Waals surface area contributed by atoms with E-state index in [0.29, 0.717) is 16.8 Å². The van der Waals surface area contributed by atoms with Crippen molar-refractivity contribution in [3.63, 3.8) is 0 Å². The molecule has 5 rings (SSSR count). The van der Waals surface area contributed by atoms with Crippen LogP contribution < -0.4 is 5.01 Å². The van der Waals surface area contributed by atoms with Crippen LogP contribution in [0.4, 0.5) is 5.69 Å². The van der Waals surface area contributed by atoms with Crippen molar-refractivity contribution in [2.75, 3.05) is 5.01 Å². The third-order valence-corrected chi connectivity index (χ3v) is 5.88. The molecule has 0 aromatic heterocycles. The fraction of sp³-hybridized carbons (Fsp3) is 0.0909. The minimum absolute atomic E-state index is 0.118. The molecule has 0 saturated carbocycles. The molecule has 0 saturated heterocycles. The van der Waals surface area contributed by atoms with E-state index in [1.165, 1.54) is 5.01 Å². The predicted molar refractivity (Wildman–Crippen MR) is 109 cm³/mol. The highest BCUT2D eigenvalue weighted by atomic mass is 79.9. The van der Waals surface area contributed by atoms with E-state index in [2.05, 4.69) is 21.0 Å². The van der Waals surface area contributed by atoms with Gasteiger partial charge in [-0.15, -0.1) is 0 Å². The molecule has 1 aliphatic carbocycles. The molecule has 0 radical (unpaired) electrons. The number of para-hydroxylation sites is 1. The molecule has 5 nitrogen and oxygen atoms in total. The van der Waals surface area contributed by atoms with Gasteiger partial charge in [0.05, 0.1) is 5.69 Å². The van der Waals surface area contributed by atoms with Crippen LogP contribution in [0.3, 0.4) is 0 Å². The Morgan fingerprint density at radius 2 is 1.50 bits per heavy atom. The van der Waals surface area contributed by atoms with Gasteiger partial charge in [-0.05, 0) is 24.3 Å². The molecule has 2 N–H and O–H groups in total. The van der Waals surface area contributed by atoms with Crippen molar-refractivity contribution in [1.29, 1.82) is 0 Å². The van der Waals surface area contributed by atoms with Gasteiger partial charge in [0, 0.05) is 21.2 Å². The van der Waals surface area contributed by atoms with Gasteiger partial charge in [-0.3, -0.25) is 4.79 Å². The Bertz CT molecular complexity index is 1130. The molecule has 1 aliphatic heterocycles. The number of benzene rings is 3. The van der Waals surface area contributed by atoms with Gasteiger partial charge in [-0.25, -0.2) is 5.01 Å². The second-order valence-corrected chi connectivity index (χ2v) is 7.78. The molecule has 0 amide bonds. The zero-order chi connectivity index (χ0) is 19.5. The van der Waals surface area contributed by atoms with Gasteiger partial charge in [0.1, 0.15) is 5.71 Å². The van der Waals surface area contributed by atoms with Crippen LogP contribution in [-0.2, 0) is 5.72 Å². The SMILES string of the molecule is O=C1c2ccccc2[C@@]2(O)N(c3ccccc3)N=C(c3ccc(Br)cc3)[C@@]12O. The topological polar surface area (TPSA) is 73.1 Å². The van der Waals surface area contributed by atoms with Gasteiger partial charge in [0.2, 0.25) is 17.1 Å². The summed E-state index contributed by atoms with van der Waals surface area (Å²) in [5, 5.41) is 29.4. The standard InChI is InChI=1S/C22H15BrN2O3/c23-15-12-10-14(11-13-15)19-21(27)20(26)17-8-4-5-9-18(17)22(21,28)25(24-19)16-6-2-1-3-7-16/h1-13,27-28H/t21-,22+/m1/s1. The second kappa shape index (κ2) is 5.85. The van der Waals surface area contributed by atoms with Crippen molar-refractivity contribution in [2.24, 2.45) is 5.10 Å². The predicted octanol–water partition coefficient (Wildman–Crippen LogP) is 3.45. The Kier molecular flexibility index (Phi) is 3.61. The van der Waals surface area contributed by atoms with E-state index < -0.39 is 17.1 Å². The minimum Gasteiger partial charge on any atom is -0.371 e. The number of ketones is 1. The lowest BCUT2D eigenvalue weighted by atomic mass is 9.83. The summed E-state index contributed by atoms with van der Waals surface area (Å²) in [6, 6.07) is 22.9. The molecule has 138 valence electrons. The van der Waals surface area contributed by atoms with E-state index in [1.807, 2.05) is 18.2 Å². The molecule has 3 aromatic rings. The lowest BCUT2D eigenvalue weighted by Crippen LogP contribution is -2.59. The summed E-state index contributed by atoms with van der Waals surface area (Å²) < 4.78 is 0.859. The van der Waals surface area contributed by atoms with Crippen LogP contribution in [-0.4, -0.2) is 27.3 Å². The average Bonchev–Trinajstić information content (AvgIpc) is 3.07. The number of halogens is 1. The Morgan fingerprint density at radius 3 is 2.21 bits per heavy atom. The fourth-order valence-electron chi connectivity index (χ4n) is 4.01. The van der Waals surface area contributed by atoms with Crippen molar-refractivity contribution >= 4 is 33.1 Å². The van der Waals surface area contributed by atoms with Crippen LogP contribution in [0.25, 0.3) is 0 Å². The summed E-state index contributed by atoms with van der Waals surface area (Å²) in [6.45, 7) is 0. The number of carbonyl (C=O) groups is 1. The third-order valence-electron chi connectivity index (χ3n) is 5.35. The average molecular weight is 435 g/mol. The molecule has 3 aromatic carbocycles.